The third-order valence-corrected chi connectivity index (χ3v) is 6.50. The van der Waals surface area contributed by atoms with Crippen molar-refractivity contribution in [2.75, 3.05) is 31.1 Å². The van der Waals surface area contributed by atoms with E-state index in [4.69, 9.17) is 0 Å². The van der Waals surface area contributed by atoms with E-state index in [1.54, 1.807) is 11.0 Å². The Kier molecular flexibility index (Phi) is 5.93. The molecule has 1 N–H and O–H groups in total. The maximum Gasteiger partial charge on any atom is 0.256 e. The third kappa shape index (κ3) is 4.33. The van der Waals surface area contributed by atoms with Gasteiger partial charge in [0.05, 0.1) is 11.5 Å². The van der Waals surface area contributed by atoms with Crippen molar-refractivity contribution in [1.82, 2.24) is 15.2 Å². The molecule has 2 aromatic rings. The molecular formula is C25H31FN4O2. The molecule has 32 heavy (non-hydrogen) atoms. The minimum atomic E-state index is -0.569. The first-order chi connectivity index (χ1) is 15.2. The lowest BCUT2D eigenvalue weighted by Crippen LogP contribution is -2.49. The molecule has 2 aliphatic rings. The Morgan fingerprint density at radius 1 is 1.22 bits per heavy atom. The summed E-state index contributed by atoms with van der Waals surface area (Å²) in [6, 6.07) is 6.73. The molecule has 1 unspecified atom stereocenters. The van der Waals surface area contributed by atoms with Gasteiger partial charge in [0.25, 0.3) is 5.91 Å². The topological polar surface area (TPSA) is 65.5 Å². The fraction of sp³-hybridized carbons (Fsp3) is 0.480. The molecule has 2 saturated heterocycles. The lowest BCUT2D eigenvalue weighted by molar-refractivity contribution is -0.120. The quantitative estimate of drug-likeness (QED) is 0.794. The number of pyridine rings is 1. The number of amides is 2. The molecule has 1 aromatic heterocycles. The third-order valence-electron chi connectivity index (χ3n) is 6.50. The molecule has 2 aliphatic heterocycles. The molecule has 0 spiro atoms. The van der Waals surface area contributed by atoms with Crippen molar-refractivity contribution >= 4 is 17.6 Å². The molecule has 6 nitrogen and oxygen atoms in total. The molecule has 0 bridgehead atoms. The lowest BCUT2D eigenvalue weighted by atomic mass is 9.90. The van der Waals surface area contributed by atoms with Crippen LogP contribution in [0.3, 0.4) is 0 Å². The first-order valence-electron chi connectivity index (χ1n) is 11.3. The van der Waals surface area contributed by atoms with Gasteiger partial charge in [-0.15, -0.1) is 0 Å². The predicted molar refractivity (Wildman–Crippen MR) is 122 cm³/mol. The average Bonchev–Trinajstić information content (AvgIpc) is 3.05. The van der Waals surface area contributed by atoms with Gasteiger partial charge in [0.15, 0.2) is 0 Å². The van der Waals surface area contributed by atoms with Crippen LogP contribution in [0.25, 0.3) is 0 Å². The number of rotatable bonds is 4. The lowest BCUT2D eigenvalue weighted by Gasteiger charge is -2.36. The second kappa shape index (κ2) is 8.52. The Hall–Kier alpha value is -2.96. The summed E-state index contributed by atoms with van der Waals surface area (Å²) < 4.78 is 14.9. The average molecular weight is 439 g/mol. The van der Waals surface area contributed by atoms with Crippen molar-refractivity contribution < 1.29 is 14.0 Å². The summed E-state index contributed by atoms with van der Waals surface area (Å²) in [7, 11) is 0. The zero-order valence-corrected chi connectivity index (χ0v) is 19.2. The van der Waals surface area contributed by atoms with Crippen molar-refractivity contribution in [3.05, 3.63) is 58.5 Å². The van der Waals surface area contributed by atoms with Gasteiger partial charge in [-0.2, -0.15) is 0 Å². The molecule has 1 atom stereocenters. The Morgan fingerprint density at radius 3 is 2.50 bits per heavy atom. The number of carbonyl (C=O) groups is 2. The van der Waals surface area contributed by atoms with Crippen LogP contribution in [0.15, 0.2) is 30.5 Å². The van der Waals surface area contributed by atoms with Crippen LogP contribution >= 0.6 is 0 Å². The van der Waals surface area contributed by atoms with E-state index in [0.717, 1.165) is 17.8 Å². The van der Waals surface area contributed by atoms with Gasteiger partial charge < -0.3 is 15.1 Å². The summed E-state index contributed by atoms with van der Waals surface area (Å²) in [5.74, 6) is -0.416. The highest BCUT2D eigenvalue weighted by Gasteiger charge is 2.38. The Morgan fingerprint density at radius 2 is 1.94 bits per heavy atom. The summed E-state index contributed by atoms with van der Waals surface area (Å²) in [4.78, 5) is 33.7. The van der Waals surface area contributed by atoms with Gasteiger partial charge in [-0.25, -0.2) is 9.37 Å². The highest BCUT2D eigenvalue weighted by Crippen LogP contribution is 2.33. The van der Waals surface area contributed by atoms with Crippen molar-refractivity contribution in [3.8, 4) is 0 Å². The highest BCUT2D eigenvalue weighted by atomic mass is 19.1. The number of hydrogen-bond acceptors (Lipinski definition) is 4. The van der Waals surface area contributed by atoms with Crippen LogP contribution in [0.4, 0.5) is 10.2 Å². The van der Waals surface area contributed by atoms with Crippen molar-refractivity contribution in [2.24, 2.45) is 0 Å². The molecule has 7 heteroatoms. The van der Waals surface area contributed by atoms with E-state index < -0.39 is 5.82 Å². The minimum absolute atomic E-state index is 0.0569. The van der Waals surface area contributed by atoms with Gasteiger partial charge >= 0.3 is 0 Å². The molecule has 0 aliphatic carbocycles. The highest BCUT2D eigenvalue weighted by molar-refractivity contribution is 5.95. The van der Waals surface area contributed by atoms with Crippen LogP contribution in [0, 0.1) is 12.7 Å². The van der Waals surface area contributed by atoms with Crippen LogP contribution < -0.4 is 10.2 Å². The second-order valence-electron chi connectivity index (χ2n) is 9.49. The minimum Gasteiger partial charge on any atom is -0.353 e. The van der Waals surface area contributed by atoms with Gasteiger partial charge in [-0.3, -0.25) is 9.59 Å². The number of aromatic nitrogens is 1. The van der Waals surface area contributed by atoms with E-state index in [-0.39, 0.29) is 28.8 Å². The van der Waals surface area contributed by atoms with Crippen LogP contribution in [0.1, 0.15) is 60.2 Å². The molecule has 1 aromatic carbocycles. The zero-order valence-electron chi connectivity index (χ0n) is 19.2. The number of nitrogens with zero attached hydrogens (tertiary/aromatic N) is 3. The monoisotopic (exact) mass is 438 g/mol. The van der Waals surface area contributed by atoms with Gasteiger partial charge in [0.1, 0.15) is 11.6 Å². The normalized spacial score (nSPS) is 20.4. The molecule has 0 saturated carbocycles. The number of aryl methyl sites for hydroxylation is 2. The number of piperazine rings is 1. The van der Waals surface area contributed by atoms with Crippen LogP contribution in [-0.2, 0) is 11.2 Å². The summed E-state index contributed by atoms with van der Waals surface area (Å²) in [5, 5.41) is 2.93. The Balaban J connectivity index is 1.43. The van der Waals surface area contributed by atoms with Gasteiger partial charge in [0, 0.05) is 37.9 Å². The van der Waals surface area contributed by atoms with Crippen molar-refractivity contribution in [3.63, 3.8) is 0 Å². The van der Waals surface area contributed by atoms with Crippen LogP contribution in [0.2, 0.25) is 0 Å². The zero-order chi connectivity index (χ0) is 23.0. The first kappa shape index (κ1) is 22.2. The maximum atomic E-state index is 14.9. The second-order valence-corrected chi connectivity index (χ2v) is 9.49. The van der Waals surface area contributed by atoms with Crippen molar-refractivity contribution in [2.45, 2.75) is 52.0 Å². The standard InChI is InChI=1S/C25H31FN4O2/c1-5-17-12-16(2)22(27-15-17)29-8-10-30(11-9-29)24(32)19-7-6-18(13-21(19)26)20-14-25(3,4)28-23(20)31/h6-7,12-13,15,20H,5,8-11,14H2,1-4H3,(H,28,31). The fourth-order valence-electron chi connectivity index (χ4n) is 4.71. The summed E-state index contributed by atoms with van der Waals surface area (Å²) in [6.07, 6.45) is 3.46. The van der Waals surface area contributed by atoms with E-state index in [0.29, 0.717) is 38.2 Å². The largest absolute Gasteiger partial charge is 0.353 e. The van der Waals surface area contributed by atoms with Gasteiger partial charge in [-0.05, 0) is 62.4 Å². The molecule has 2 fully saturated rings. The SMILES string of the molecule is CCc1cnc(N2CCN(C(=O)c3ccc(C4CC(C)(C)NC4=O)cc3F)CC2)c(C)c1. The number of nitrogens with one attached hydrogen (secondary N) is 1. The summed E-state index contributed by atoms with van der Waals surface area (Å²) >= 11 is 0. The number of anilines is 1. The Labute approximate surface area is 188 Å². The van der Waals surface area contributed by atoms with Crippen LogP contribution in [-0.4, -0.2) is 53.4 Å². The fourth-order valence-corrected chi connectivity index (χ4v) is 4.71. The van der Waals surface area contributed by atoms with E-state index in [9.17, 15) is 14.0 Å². The maximum absolute atomic E-state index is 14.9. The summed E-state index contributed by atoms with van der Waals surface area (Å²) in [6.45, 7) is 10.4. The van der Waals surface area contributed by atoms with Gasteiger partial charge in [-0.1, -0.05) is 19.1 Å². The van der Waals surface area contributed by atoms with Crippen LogP contribution in [0.5, 0.6) is 0 Å². The number of halogens is 1. The molecular weight excluding hydrogens is 407 g/mol. The van der Waals surface area contributed by atoms with E-state index in [1.165, 1.54) is 17.7 Å². The molecule has 4 rings (SSSR count). The smallest absolute Gasteiger partial charge is 0.256 e. The molecule has 170 valence electrons. The first-order valence-corrected chi connectivity index (χ1v) is 11.3. The van der Waals surface area contributed by atoms with E-state index in [2.05, 4.69) is 35.1 Å². The van der Waals surface area contributed by atoms with Gasteiger partial charge in [0.2, 0.25) is 5.91 Å². The molecule has 3 heterocycles. The van der Waals surface area contributed by atoms with E-state index in [1.807, 2.05) is 20.0 Å². The number of benzene rings is 1. The summed E-state index contributed by atoms with van der Waals surface area (Å²) in [5.41, 5.74) is 2.70. The molecule has 2 amide bonds. The number of carbonyl (C=O) groups excluding carboxylic acids is 2. The molecule has 0 radical (unpaired) electrons. The Bertz CT molecular complexity index is 1040. The van der Waals surface area contributed by atoms with Crippen molar-refractivity contribution in [1.29, 1.82) is 0 Å². The number of hydrogen-bond donors (Lipinski definition) is 1. The van der Waals surface area contributed by atoms with E-state index >= 15 is 0 Å². The predicted octanol–water partition coefficient (Wildman–Crippen LogP) is 3.44.